The number of nitriles is 1. The maximum Gasteiger partial charge on any atom is 0.289 e. The summed E-state index contributed by atoms with van der Waals surface area (Å²) in [6.07, 6.45) is 0.265. The van der Waals surface area contributed by atoms with Crippen LogP contribution in [0.25, 0.3) is 0 Å². The molecule has 0 amide bonds. The molecule has 0 aliphatic rings. The summed E-state index contributed by atoms with van der Waals surface area (Å²) in [6, 6.07) is 13.9. The maximum atomic E-state index is 12.6. The number of nitro benzene ring substituents is 1. The van der Waals surface area contributed by atoms with Crippen LogP contribution in [0.3, 0.4) is 0 Å². The van der Waals surface area contributed by atoms with E-state index in [1.165, 1.54) is 18.2 Å². The van der Waals surface area contributed by atoms with E-state index < -0.39 is 31.6 Å². The van der Waals surface area contributed by atoms with E-state index in [1.807, 2.05) is 37.3 Å². The third-order valence-electron chi connectivity index (χ3n) is 3.61. The monoisotopic (exact) mass is 359 g/mol. The number of rotatable bonds is 7. The van der Waals surface area contributed by atoms with E-state index in [0.717, 1.165) is 17.2 Å². The molecular weight excluding hydrogens is 342 g/mol. The molecule has 8 heteroatoms. The van der Waals surface area contributed by atoms with Crippen LogP contribution in [0, 0.1) is 28.4 Å². The Morgan fingerprint density at radius 3 is 2.44 bits per heavy atom. The molecule has 2 aromatic rings. The topological polar surface area (TPSA) is 113 Å². The molecule has 0 fully saturated rings. The summed E-state index contributed by atoms with van der Waals surface area (Å²) >= 11 is 0. The van der Waals surface area contributed by atoms with Crippen molar-refractivity contribution in [2.45, 2.75) is 30.7 Å². The van der Waals surface area contributed by atoms with Gasteiger partial charge in [-0.05, 0) is 25.0 Å². The largest absolute Gasteiger partial charge is 0.289 e. The number of aryl methyl sites for hydroxylation is 1. The van der Waals surface area contributed by atoms with Gasteiger partial charge in [-0.1, -0.05) is 42.0 Å². The zero-order valence-corrected chi connectivity index (χ0v) is 14.4. The van der Waals surface area contributed by atoms with Crippen LogP contribution >= 0.6 is 0 Å². The summed E-state index contributed by atoms with van der Waals surface area (Å²) in [4.78, 5) is 9.91. The Kier molecular flexibility index (Phi) is 5.85. The zero-order chi connectivity index (χ0) is 18.4. The van der Waals surface area contributed by atoms with Gasteiger partial charge in [0.15, 0.2) is 4.90 Å². The summed E-state index contributed by atoms with van der Waals surface area (Å²) in [5, 5.41) is 20.0. The van der Waals surface area contributed by atoms with Gasteiger partial charge in [-0.25, -0.2) is 13.1 Å². The lowest BCUT2D eigenvalue weighted by molar-refractivity contribution is -0.387. The average Bonchev–Trinajstić information content (AvgIpc) is 2.57. The van der Waals surface area contributed by atoms with Gasteiger partial charge in [-0.2, -0.15) is 5.26 Å². The third kappa shape index (κ3) is 4.86. The molecule has 0 bridgehead atoms. The first kappa shape index (κ1) is 18.6. The van der Waals surface area contributed by atoms with Gasteiger partial charge in [-0.15, -0.1) is 0 Å². The Morgan fingerprint density at radius 2 is 1.84 bits per heavy atom. The van der Waals surface area contributed by atoms with Gasteiger partial charge in [0.1, 0.15) is 0 Å². The second-order valence-corrected chi connectivity index (χ2v) is 7.28. The van der Waals surface area contributed by atoms with Gasteiger partial charge in [0.25, 0.3) is 5.69 Å². The average molecular weight is 359 g/mol. The summed E-state index contributed by atoms with van der Waals surface area (Å²) in [6.45, 7) is 1.94. The standard InChI is InChI=1S/C17H17N3O4S/c1-13-6-8-14(9-7-13)12-15(10-11-18)19-25(23,24)17-5-3-2-4-16(17)20(21)22/h2-9,15,19H,10,12H2,1H3/t15-/m0/s1. The smallest absolute Gasteiger partial charge is 0.258 e. The molecule has 0 aliphatic heterocycles. The van der Waals surface area contributed by atoms with Crippen molar-refractivity contribution in [3.63, 3.8) is 0 Å². The highest BCUT2D eigenvalue weighted by atomic mass is 32.2. The molecule has 25 heavy (non-hydrogen) atoms. The molecule has 0 spiro atoms. The minimum atomic E-state index is -4.13. The minimum absolute atomic E-state index is 0.0479. The number of para-hydroxylation sites is 1. The second kappa shape index (κ2) is 7.88. The Hall–Kier alpha value is -2.76. The molecule has 0 aliphatic carbocycles. The molecule has 0 heterocycles. The molecular formula is C17H17N3O4S. The summed E-state index contributed by atoms with van der Waals surface area (Å²) < 4.78 is 27.5. The van der Waals surface area contributed by atoms with Crippen LogP contribution in [-0.2, 0) is 16.4 Å². The number of hydrogen-bond acceptors (Lipinski definition) is 5. The Bertz CT molecular complexity index is 902. The molecule has 0 radical (unpaired) electrons. The van der Waals surface area contributed by atoms with Crippen molar-refractivity contribution in [3.8, 4) is 6.07 Å². The molecule has 0 saturated carbocycles. The van der Waals surface area contributed by atoms with Crippen molar-refractivity contribution >= 4 is 15.7 Å². The number of sulfonamides is 1. The SMILES string of the molecule is Cc1ccc(C[C@H](CC#N)NS(=O)(=O)c2ccccc2[N+](=O)[O-])cc1. The number of benzene rings is 2. The zero-order valence-electron chi connectivity index (χ0n) is 13.5. The third-order valence-corrected chi connectivity index (χ3v) is 5.18. The van der Waals surface area contributed by atoms with Crippen LogP contribution in [0.2, 0.25) is 0 Å². The van der Waals surface area contributed by atoms with Crippen molar-refractivity contribution in [2.75, 3.05) is 0 Å². The molecule has 130 valence electrons. The summed E-state index contributed by atoms with van der Waals surface area (Å²) in [5.74, 6) is 0. The van der Waals surface area contributed by atoms with Crippen LogP contribution in [0.1, 0.15) is 17.5 Å². The summed E-state index contributed by atoms with van der Waals surface area (Å²) in [7, 11) is -4.13. The Labute approximate surface area is 146 Å². The van der Waals surface area contributed by atoms with E-state index in [4.69, 9.17) is 5.26 Å². The molecule has 2 aromatic carbocycles. The lowest BCUT2D eigenvalue weighted by Gasteiger charge is -2.16. The fourth-order valence-corrected chi connectivity index (χ4v) is 3.80. The minimum Gasteiger partial charge on any atom is -0.258 e. The predicted molar refractivity (Wildman–Crippen MR) is 92.3 cm³/mol. The maximum absolute atomic E-state index is 12.6. The van der Waals surface area contributed by atoms with Gasteiger partial charge in [0.05, 0.1) is 17.4 Å². The fraction of sp³-hybridized carbons (Fsp3) is 0.235. The number of nitrogens with one attached hydrogen (secondary N) is 1. The van der Waals surface area contributed by atoms with E-state index >= 15 is 0 Å². The van der Waals surface area contributed by atoms with Crippen molar-refractivity contribution in [3.05, 3.63) is 69.8 Å². The summed E-state index contributed by atoms with van der Waals surface area (Å²) in [5.41, 5.74) is 1.44. The Morgan fingerprint density at radius 1 is 1.20 bits per heavy atom. The molecule has 1 atom stereocenters. The molecule has 2 rings (SSSR count). The highest BCUT2D eigenvalue weighted by Gasteiger charge is 2.27. The normalized spacial score (nSPS) is 12.3. The molecule has 0 unspecified atom stereocenters. The van der Waals surface area contributed by atoms with E-state index in [9.17, 15) is 18.5 Å². The highest BCUT2D eigenvalue weighted by molar-refractivity contribution is 7.89. The van der Waals surface area contributed by atoms with Gasteiger partial charge >= 0.3 is 0 Å². The molecule has 0 aromatic heterocycles. The number of nitro groups is 1. The van der Waals surface area contributed by atoms with Crippen molar-refractivity contribution < 1.29 is 13.3 Å². The van der Waals surface area contributed by atoms with Crippen LogP contribution < -0.4 is 4.72 Å². The van der Waals surface area contributed by atoms with Crippen LogP contribution in [-0.4, -0.2) is 19.4 Å². The predicted octanol–water partition coefficient (Wildman–Crippen LogP) is 2.71. The van der Waals surface area contributed by atoms with Crippen LogP contribution in [0.4, 0.5) is 5.69 Å². The van der Waals surface area contributed by atoms with E-state index in [-0.39, 0.29) is 6.42 Å². The molecule has 7 nitrogen and oxygen atoms in total. The van der Waals surface area contributed by atoms with Crippen LogP contribution in [0.15, 0.2) is 53.4 Å². The fourth-order valence-electron chi connectivity index (χ4n) is 2.39. The molecule has 0 saturated heterocycles. The first-order valence-electron chi connectivity index (χ1n) is 7.51. The van der Waals surface area contributed by atoms with Gasteiger partial charge in [0, 0.05) is 12.1 Å². The van der Waals surface area contributed by atoms with Gasteiger partial charge in [0.2, 0.25) is 10.0 Å². The first-order chi connectivity index (χ1) is 11.8. The quantitative estimate of drug-likeness (QED) is 0.603. The van der Waals surface area contributed by atoms with E-state index in [1.54, 1.807) is 0 Å². The first-order valence-corrected chi connectivity index (χ1v) is 9.00. The second-order valence-electron chi connectivity index (χ2n) is 5.60. The van der Waals surface area contributed by atoms with E-state index in [0.29, 0.717) is 6.42 Å². The number of hydrogen-bond donors (Lipinski definition) is 1. The number of nitrogens with zero attached hydrogens (tertiary/aromatic N) is 2. The van der Waals surface area contributed by atoms with Crippen molar-refractivity contribution in [1.29, 1.82) is 5.26 Å². The molecule has 1 N–H and O–H groups in total. The van der Waals surface area contributed by atoms with Crippen molar-refractivity contribution in [1.82, 2.24) is 4.72 Å². The lowest BCUT2D eigenvalue weighted by Crippen LogP contribution is -2.36. The lowest BCUT2D eigenvalue weighted by atomic mass is 10.0. The van der Waals surface area contributed by atoms with Crippen LogP contribution in [0.5, 0.6) is 0 Å². The van der Waals surface area contributed by atoms with E-state index in [2.05, 4.69) is 4.72 Å². The highest BCUT2D eigenvalue weighted by Crippen LogP contribution is 2.23. The van der Waals surface area contributed by atoms with Crippen molar-refractivity contribution in [2.24, 2.45) is 0 Å². The Balaban J connectivity index is 2.28. The van der Waals surface area contributed by atoms with Gasteiger partial charge < -0.3 is 0 Å². The van der Waals surface area contributed by atoms with Gasteiger partial charge in [-0.3, -0.25) is 10.1 Å².